The maximum atomic E-state index is 12.3. The molecule has 7 heteroatoms. The molecule has 1 atom stereocenters. The number of nitrogens with one attached hydrogen (secondary N) is 2. The van der Waals surface area contributed by atoms with Crippen LogP contribution < -0.4 is 10.0 Å². The summed E-state index contributed by atoms with van der Waals surface area (Å²) in [6, 6.07) is 5.96. The van der Waals surface area contributed by atoms with E-state index in [0.717, 1.165) is 0 Å². The van der Waals surface area contributed by atoms with Gasteiger partial charge in [-0.2, -0.15) is 0 Å². The molecule has 2 rings (SSSR count). The van der Waals surface area contributed by atoms with E-state index in [1.165, 1.54) is 24.6 Å². The lowest BCUT2D eigenvalue weighted by Gasteiger charge is -2.12. The third-order valence-electron chi connectivity index (χ3n) is 2.70. The predicted molar refractivity (Wildman–Crippen MR) is 75.8 cm³/mol. The van der Waals surface area contributed by atoms with Gasteiger partial charge in [-0.1, -0.05) is 0 Å². The van der Waals surface area contributed by atoms with Crippen molar-refractivity contribution in [1.82, 2.24) is 9.71 Å². The number of sulfonamides is 1. The summed E-state index contributed by atoms with van der Waals surface area (Å²) in [6.07, 6.45) is 2.97. The van der Waals surface area contributed by atoms with E-state index in [1.54, 1.807) is 19.1 Å². The largest absolute Gasteiger partial charge is 0.468 e. The van der Waals surface area contributed by atoms with Crippen LogP contribution in [0.15, 0.2) is 46.0 Å². The molecule has 20 heavy (non-hydrogen) atoms. The van der Waals surface area contributed by atoms with E-state index < -0.39 is 16.1 Å². The standard InChI is InChI=1S/C13H17N3O3S/c1-3-14-13-9-11(6-7-15-13)20(17,18)16-10(2)12-5-4-8-19-12/h4-10,16H,3H2,1-2H3,(H,14,15). The minimum atomic E-state index is -3.62. The summed E-state index contributed by atoms with van der Waals surface area (Å²) in [5.41, 5.74) is 0. The average Bonchev–Trinajstić information content (AvgIpc) is 2.93. The van der Waals surface area contributed by atoms with Gasteiger partial charge in [-0.05, 0) is 32.0 Å². The van der Waals surface area contributed by atoms with Crippen LogP contribution in [-0.4, -0.2) is 19.9 Å². The number of rotatable bonds is 6. The molecule has 0 saturated carbocycles. The van der Waals surface area contributed by atoms with Crippen LogP contribution in [0.2, 0.25) is 0 Å². The van der Waals surface area contributed by atoms with E-state index in [2.05, 4.69) is 15.0 Å². The lowest BCUT2D eigenvalue weighted by molar-refractivity contribution is 0.459. The van der Waals surface area contributed by atoms with Gasteiger partial charge < -0.3 is 9.73 Å². The Morgan fingerprint density at radius 2 is 2.20 bits per heavy atom. The molecule has 0 aliphatic heterocycles. The van der Waals surface area contributed by atoms with Crippen LogP contribution in [0.1, 0.15) is 25.6 Å². The fraction of sp³-hybridized carbons (Fsp3) is 0.308. The second-order valence-corrected chi connectivity index (χ2v) is 5.98. The van der Waals surface area contributed by atoms with Crippen molar-refractivity contribution in [2.45, 2.75) is 24.8 Å². The zero-order valence-electron chi connectivity index (χ0n) is 11.3. The zero-order chi connectivity index (χ0) is 14.6. The van der Waals surface area contributed by atoms with Crippen molar-refractivity contribution in [2.24, 2.45) is 0 Å². The van der Waals surface area contributed by atoms with Crippen LogP contribution in [0.5, 0.6) is 0 Å². The van der Waals surface area contributed by atoms with Crippen molar-refractivity contribution >= 4 is 15.8 Å². The van der Waals surface area contributed by atoms with Crippen molar-refractivity contribution in [1.29, 1.82) is 0 Å². The summed E-state index contributed by atoms with van der Waals surface area (Å²) in [7, 11) is -3.62. The summed E-state index contributed by atoms with van der Waals surface area (Å²) in [4.78, 5) is 4.22. The van der Waals surface area contributed by atoms with E-state index in [9.17, 15) is 8.42 Å². The number of anilines is 1. The molecule has 6 nitrogen and oxygen atoms in total. The quantitative estimate of drug-likeness (QED) is 0.853. The SMILES string of the molecule is CCNc1cc(S(=O)(=O)NC(C)c2ccco2)ccn1. The molecule has 1 unspecified atom stereocenters. The molecule has 0 spiro atoms. The fourth-order valence-corrected chi connectivity index (χ4v) is 2.98. The predicted octanol–water partition coefficient (Wildman–Crippen LogP) is 2.15. The summed E-state index contributed by atoms with van der Waals surface area (Å²) in [6.45, 7) is 4.32. The Balaban J connectivity index is 2.20. The van der Waals surface area contributed by atoms with Crippen molar-refractivity contribution in [3.8, 4) is 0 Å². The van der Waals surface area contributed by atoms with Gasteiger partial charge in [0.25, 0.3) is 0 Å². The topological polar surface area (TPSA) is 84.2 Å². The van der Waals surface area contributed by atoms with Gasteiger partial charge in [-0.15, -0.1) is 0 Å². The molecule has 0 fully saturated rings. The van der Waals surface area contributed by atoms with Gasteiger partial charge in [0.2, 0.25) is 10.0 Å². The van der Waals surface area contributed by atoms with E-state index in [0.29, 0.717) is 18.1 Å². The smallest absolute Gasteiger partial charge is 0.241 e. The highest BCUT2D eigenvalue weighted by Crippen LogP contribution is 2.18. The molecule has 0 amide bonds. The molecule has 2 aromatic rings. The number of nitrogens with zero attached hydrogens (tertiary/aromatic N) is 1. The van der Waals surface area contributed by atoms with E-state index >= 15 is 0 Å². The molecule has 0 aliphatic carbocycles. The van der Waals surface area contributed by atoms with Gasteiger partial charge in [0.1, 0.15) is 11.6 Å². The Morgan fingerprint density at radius 1 is 1.40 bits per heavy atom. The average molecular weight is 295 g/mol. The van der Waals surface area contributed by atoms with Gasteiger partial charge >= 0.3 is 0 Å². The number of aromatic nitrogens is 1. The van der Waals surface area contributed by atoms with Crippen molar-refractivity contribution in [3.63, 3.8) is 0 Å². The molecule has 0 radical (unpaired) electrons. The highest BCUT2D eigenvalue weighted by Gasteiger charge is 2.20. The highest BCUT2D eigenvalue weighted by molar-refractivity contribution is 7.89. The maximum absolute atomic E-state index is 12.3. The van der Waals surface area contributed by atoms with Gasteiger partial charge in [-0.3, -0.25) is 0 Å². The monoisotopic (exact) mass is 295 g/mol. The third kappa shape index (κ3) is 3.37. The summed E-state index contributed by atoms with van der Waals surface area (Å²) in [5, 5.41) is 2.98. The van der Waals surface area contributed by atoms with Gasteiger partial charge in [0.05, 0.1) is 17.2 Å². The minimum absolute atomic E-state index is 0.168. The summed E-state index contributed by atoms with van der Waals surface area (Å²) < 4.78 is 32.3. The molecule has 0 aromatic carbocycles. The highest BCUT2D eigenvalue weighted by atomic mass is 32.2. The second kappa shape index (κ2) is 6.06. The Morgan fingerprint density at radius 3 is 2.85 bits per heavy atom. The molecule has 0 aliphatic rings. The maximum Gasteiger partial charge on any atom is 0.241 e. The first-order chi connectivity index (χ1) is 9.53. The number of hydrogen-bond donors (Lipinski definition) is 2. The van der Waals surface area contributed by atoms with Crippen molar-refractivity contribution in [3.05, 3.63) is 42.5 Å². The molecule has 2 N–H and O–H groups in total. The van der Waals surface area contributed by atoms with Gasteiger partial charge in [-0.25, -0.2) is 18.1 Å². The van der Waals surface area contributed by atoms with E-state index in [-0.39, 0.29) is 4.90 Å². The first-order valence-electron chi connectivity index (χ1n) is 6.28. The zero-order valence-corrected chi connectivity index (χ0v) is 12.1. The lowest BCUT2D eigenvalue weighted by Crippen LogP contribution is -2.26. The molecule has 2 aromatic heterocycles. The van der Waals surface area contributed by atoms with Crippen LogP contribution >= 0.6 is 0 Å². The normalized spacial score (nSPS) is 13.1. The molecule has 108 valence electrons. The second-order valence-electron chi connectivity index (χ2n) is 4.27. The Bertz CT molecular complexity index is 653. The van der Waals surface area contributed by atoms with Crippen LogP contribution in [0, 0.1) is 0 Å². The fourth-order valence-electron chi connectivity index (χ4n) is 1.75. The summed E-state index contributed by atoms with van der Waals surface area (Å²) >= 11 is 0. The first-order valence-corrected chi connectivity index (χ1v) is 7.77. The molecule has 0 saturated heterocycles. The van der Waals surface area contributed by atoms with E-state index in [4.69, 9.17) is 4.42 Å². The Kier molecular flexibility index (Phi) is 4.41. The molecule has 0 bridgehead atoms. The van der Waals surface area contributed by atoms with Gasteiger partial charge in [0.15, 0.2) is 0 Å². The number of furan rings is 1. The lowest BCUT2D eigenvalue weighted by atomic mass is 10.3. The Hall–Kier alpha value is -1.86. The molecular formula is C13H17N3O3S. The number of hydrogen-bond acceptors (Lipinski definition) is 5. The summed E-state index contributed by atoms with van der Waals surface area (Å²) in [5.74, 6) is 1.09. The van der Waals surface area contributed by atoms with Crippen LogP contribution in [-0.2, 0) is 10.0 Å². The molecular weight excluding hydrogens is 278 g/mol. The van der Waals surface area contributed by atoms with E-state index in [1.807, 2.05) is 6.92 Å². The van der Waals surface area contributed by atoms with Gasteiger partial charge in [0, 0.05) is 18.8 Å². The Labute approximate surface area is 118 Å². The van der Waals surface area contributed by atoms with Crippen molar-refractivity contribution in [2.75, 3.05) is 11.9 Å². The number of pyridine rings is 1. The third-order valence-corrected chi connectivity index (χ3v) is 4.24. The minimum Gasteiger partial charge on any atom is -0.468 e. The van der Waals surface area contributed by atoms with Crippen LogP contribution in [0.25, 0.3) is 0 Å². The van der Waals surface area contributed by atoms with Crippen LogP contribution in [0.3, 0.4) is 0 Å². The first kappa shape index (κ1) is 14.5. The van der Waals surface area contributed by atoms with Crippen LogP contribution in [0.4, 0.5) is 5.82 Å². The van der Waals surface area contributed by atoms with Crippen molar-refractivity contribution < 1.29 is 12.8 Å². The molecule has 2 heterocycles.